The van der Waals surface area contributed by atoms with E-state index < -0.39 is 22.9 Å². The lowest BCUT2D eigenvalue weighted by molar-refractivity contribution is -0.337. The van der Waals surface area contributed by atoms with Crippen molar-refractivity contribution in [2.24, 2.45) is 11.1 Å². The first-order chi connectivity index (χ1) is 8.30. The predicted octanol–water partition coefficient (Wildman–Crippen LogP) is 2.77. The summed E-state index contributed by atoms with van der Waals surface area (Å²) in [4.78, 5) is 11.3. The molecule has 3 saturated carbocycles. The van der Waals surface area contributed by atoms with E-state index in [0.717, 1.165) is 0 Å². The summed E-state index contributed by atoms with van der Waals surface area (Å²) in [6.45, 7) is 0. The van der Waals surface area contributed by atoms with Crippen LogP contribution in [0.25, 0.3) is 0 Å². The molecule has 1 aromatic carbocycles. The number of amides is 1. The molecule has 2 N–H and O–H groups in total. The van der Waals surface area contributed by atoms with Gasteiger partial charge in [-0.25, -0.2) is 0 Å². The fraction of sp³-hybridized carbons (Fsp3) is 0.462. The molecule has 1 amide bonds. The van der Waals surface area contributed by atoms with Gasteiger partial charge in [0.2, 0.25) is 5.91 Å². The lowest BCUT2D eigenvalue weighted by Crippen LogP contribution is -2.70. The molecule has 0 heterocycles. The minimum Gasteiger partial charge on any atom is -0.366 e. The third-order valence-corrected chi connectivity index (χ3v) is 4.40. The van der Waals surface area contributed by atoms with Gasteiger partial charge in [0, 0.05) is 5.56 Å². The number of carbonyl (C=O) groups is 1. The van der Waals surface area contributed by atoms with Crippen molar-refractivity contribution in [3.8, 4) is 0 Å². The first-order valence-corrected chi connectivity index (χ1v) is 5.76. The summed E-state index contributed by atoms with van der Waals surface area (Å²) in [5.41, 5.74) is 4.33. The average Bonchev–Trinajstić information content (AvgIpc) is 2.11. The van der Waals surface area contributed by atoms with Crippen molar-refractivity contribution in [3.05, 3.63) is 35.4 Å². The molecule has 18 heavy (non-hydrogen) atoms. The van der Waals surface area contributed by atoms with E-state index in [2.05, 4.69) is 0 Å². The maximum atomic E-state index is 12.8. The highest BCUT2D eigenvalue weighted by Crippen LogP contribution is 2.78. The van der Waals surface area contributed by atoms with Crippen LogP contribution >= 0.6 is 0 Å². The molecule has 4 rings (SSSR count). The normalized spacial score (nSPS) is 33.5. The van der Waals surface area contributed by atoms with Crippen molar-refractivity contribution < 1.29 is 18.0 Å². The maximum absolute atomic E-state index is 12.8. The van der Waals surface area contributed by atoms with Crippen molar-refractivity contribution in [1.82, 2.24) is 0 Å². The molecule has 0 aromatic heterocycles. The number of nitrogens with two attached hydrogens (primary N) is 1. The summed E-state index contributed by atoms with van der Waals surface area (Å²) in [5, 5.41) is 0. The summed E-state index contributed by atoms with van der Waals surface area (Å²) in [5.74, 6) is -0.573. The minimum absolute atomic E-state index is 0.0911. The Morgan fingerprint density at radius 2 is 1.72 bits per heavy atom. The first-order valence-electron chi connectivity index (χ1n) is 5.76. The number of hydrogen-bond donors (Lipinski definition) is 1. The van der Waals surface area contributed by atoms with Gasteiger partial charge in [-0.15, -0.1) is 0 Å². The molecule has 0 spiro atoms. The van der Waals surface area contributed by atoms with Gasteiger partial charge in [0.05, 0.1) is 5.41 Å². The maximum Gasteiger partial charge on any atom is 0.394 e. The summed E-state index contributed by atoms with van der Waals surface area (Å²) in [7, 11) is 0. The molecule has 3 aliphatic carbocycles. The average molecular weight is 255 g/mol. The number of carbonyl (C=O) groups excluding carboxylic acids is 1. The zero-order valence-corrected chi connectivity index (χ0v) is 9.55. The number of hydrogen-bond acceptors (Lipinski definition) is 1. The van der Waals surface area contributed by atoms with Crippen LogP contribution in [-0.4, -0.2) is 12.1 Å². The highest BCUT2D eigenvalue weighted by atomic mass is 19.4. The third kappa shape index (κ3) is 1.22. The van der Waals surface area contributed by atoms with Crippen LogP contribution in [0.3, 0.4) is 0 Å². The van der Waals surface area contributed by atoms with E-state index in [9.17, 15) is 18.0 Å². The van der Waals surface area contributed by atoms with E-state index in [1.54, 1.807) is 24.3 Å². The molecule has 0 atom stereocenters. The molecule has 1 aromatic rings. The van der Waals surface area contributed by atoms with Crippen molar-refractivity contribution in [1.29, 1.82) is 0 Å². The Labute approximate surface area is 102 Å². The van der Waals surface area contributed by atoms with Crippen molar-refractivity contribution >= 4 is 5.91 Å². The highest BCUT2D eigenvalue weighted by Gasteiger charge is 2.78. The molecule has 2 nitrogen and oxygen atoms in total. The summed E-state index contributed by atoms with van der Waals surface area (Å²) < 4.78 is 38.3. The Hall–Kier alpha value is -1.52. The lowest BCUT2D eigenvalue weighted by atomic mass is 9.33. The smallest absolute Gasteiger partial charge is 0.366 e. The van der Waals surface area contributed by atoms with E-state index in [1.165, 1.54) is 0 Å². The molecule has 3 aliphatic rings. The van der Waals surface area contributed by atoms with Crippen LogP contribution in [0, 0.1) is 5.41 Å². The largest absolute Gasteiger partial charge is 0.394 e. The molecule has 2 bridgehead atoms. The quantitative estimate of drug-likeness (QED) is 0.867. The van der Waals surface area contributed by atoms with Gasteiger partial charge >= 0.3 is 6.18 Å². The van der Waals surface area contributed by atoms with Crippen LogP contribution < -0.4 is 5.73 Å². The zero-order valence-electron chi connectivity index (χ0n) is 9.55. The van der Waals surface area contributed by atoms with Gasteiger partial charge in [0.15, 0.2) is 0 Å². The standard InChI is InChI=1S/C13H12F3NO/c14-13(15,16)12-5-11(6-12,7-12)9-4-2-1-3-8(9)10(17)18/h1-4H,5-7H2,(H2,17,18). The van der Waals surface area contributed by atoms with Crippen LogP contribution in [0.2, 0.25) is 0 Å². The summed E-state index contributed by atoms with van der Waals surface area (Å²) in [6, 6.07) is 6.72. The SMILES string of the molecule is NC(=O)c1ccccc1C12CC(C(F)(F)F)(C1)C2. The minimum atomic E-state index is -4.13. The number of rotatable bonds is 2. The Bertz CT molecular complexity index is 516. The lowest BCUT2D eigenvalue weighted by Gasteiger charge is -2.71. The topological polar surface area (TPSA) is 43.1 Å². The van der Waals surface area contributed by atoms with E-state index in [-0.39, 0.29) is 19.3 Å². The molecular formula is C13H12F3NO. The fourth-order valence-corrected chi connectivity index (χ4v) is 3.53. The Kier molecular flexibility index (Phi) is 1.98. The van der Waals surface area contributed by atoms with Gasteiger partial charge in [0.1, 0.15) is 0 Å². The first kappa shape index (κ1) is 11.6. The van der Waals surface area contributed by atoms with Gasteiger partial charge in [-0.3, -0.25) is 4.79 Å². The molecule has 0 saturated heterocycles. The zero-order chi connectivity index (χ0) is 13.2. The monoisotopic (exact) mass is 255 g/mol. The second-order valence-corrected chi connectivity index (χ2v) is 5.50. The van der Waals surface area contributed by atoms with E-state index >= 15 is 0 Å². The molecule has 0 unspecified atom stereocenters. The van der Waals surface area contributed by atoms with Gasteiger partial charge in [-0.1, -0.05) is 18.2 Å². The van der Waals surface area contributed by atoms with Crippen LogP contribution in [0.5, 0.6) is 0 Å². The second-order valence-electron chi connectivity index (χ2n) is 5.50. The molecule has 5 heteroatoms. The molecule has 3 fully saturated rings. The van der Waals surface area contributed by atoms with Gasteiger partial charge < -0.3 is 5.73 Å². The second kappa shape index (κ2) is 3.08. The Morgan fingerprint density at radius 3 is 2.22 bits per heavy atom. The van der Waals surface area contributed by atoms with E-state index in [0.29, 0.717) is 11.1 Å². The molecule has 0 aliphatic heterocycles. The Balaban J connectivity index is 1.92. The highest BCUT2D eigenvalue weighted by molar-refractivity contribution is 5.95. The van der Waals surface area contributed by atoms with Crippen LogP contribution in [0.4, 0.5) is 13.2 Å². The molecule has 96 valence electrons. The molecular weight excluding hydrogens is 243 g/mol. The summed E-state index contributed by atoms with van der Waals surface area (Å²) >= 11 is 0. The number of primary amides is 1. The van der Waals surface area contributed by atoms with Crippen molar-refractivity contribution in [3.63, 3.8) is 0 Å². The van der Waals surface area contributed by atoms with Crippen molar-refractivity contribution in [2.45, 2.75) is 30.9 Å². The van der Waals surface area contributed by atoms with E-state index in [4.69, 9.17) is 5.73 Å². The van der Waals surface area contributed by atoms with Crippen LogP contribution in [0.15, 0.2) is 24.3 Å². The van der Waals surface area contributed by atoms with E-state index in [1.807, 2.05) is 0 Å². The number of alkyl halides is 3. The summed E-state index contributed by atoms with van der Waals surface area (Å²) in [6.07, 6.45) is -3.86. The van der Waals surface area contributed by atoms with Crippen LogP contribution in [0.1, 0.15) is 35.2 Å². The predicted molar refractivity (Wildman–Crippen MR) is 59.0 cm³/mol. The number of benzene rings is 1. The van der Waals surface area contributed by atoms with Gasteiger partial charge in [-0.05, 0) is 36.3 Å². The third-order valence-electron chi connectivity index (χ3n) is 4.40. The van der Waals surface area contributed by atoms with Crippen LogP contribution in [-0.2, 0) is 5.41 Å². The molecule has 0 radical (unpaired) electrons. The van der Waals surface area contributed by atoms with Gasteiger partial charge in [0.25, 0.3) is 0 Å². The fourth-order valence-electron chi connectivity index (χ4n) is 3.53. The number of halogens is 3. The van der Waals surface area contributed by atoms with Crippen molar-refractivity contribution in [2.75, 3.05) is 0 Å². The van der Waals surface area contributed by atoms with Gasteiger partial charge in [-0.2, -0.15) is 13.2 Å². The Morgan fingerprint density at radius 1 is 1.17 bits per heavy atom.